The predicted octanol–water partition coefficient (Wildman–Crippen LogP) is 2.51. The molecule has 0 unspecified atom stereocenters. The smallest absolute Gasteiger partial charge is 0.321 e. The molecule has 1 rings (SSSR count). The van der Waals surface area contributed by atoms with Gasteiger partial charge in [-0.05, 0) is 34.6 Å². The number of esters is 2. The Bertz CT molecular complexity index is 445. The van der Waals surface area contributed by atoms with Gasteiger partial charge in [0.25, 0.3) is 0 Å². The van der Waals surface area contributed by atoms with Crippen molar-refractivity contribution in [2.75, 3.05) is 0 Å². The predicted molar refractivity (Wildman–Crippen MR) is 76.5 cm³/mol. The lowest BCUT2D eigenvalue weighted by molar-refractivity contribution is -0.166. The van der Waals surface area contributed by atoms with E-state index in [0.717, 1.165) is 10.7 Å². The number of nitrogens with zero attached hydrogens (tertiary/aromatic N) is 1. The quantitative estimate of drug-likeness (QED) is 0.596. The lowest BCUT2D eigenvalue weighted by atomic mass is 10.1. The second-order valence-corrected chi connectivity index (χ2v) is 6.05. The Morgan fingerprint density at radius 2 is 1.65 bits per heavy atom. The highest BCUT2D eigenvalue weighted by Crippen LogP contribution is 2.18. The highest BCUT2D eigenvalue weighted by molar-refractivity contribution is 7.09. The highest BCUT2D eigenvalue weighted by Gasteiger charge is 2.32. The molecule has 0 atom stereocenters. The number of hydrogen-bond donors (Lipinski definition) is 0. The van der Waals surface area contributed by atoms with Crippen molar-refractivity contribution in [3.8, 4) is 0 Å². The van der Waals surface area contributed by atoms with Gasteiger partial charge in [-0.1, -0.05) is 0 Å². The molecule has 1 aromatic rings. The van der Waals surface area contributed by atoms with Gasteiger partial charge in [-0.25, -0.2) is 4.98 Å². The molecule has 0 N–H and O–H groups in total. The minimum atomic E-state index is -0.953. The molecule has 0 saturated heterocycles. The van der Waals surface area contributed by atoms with E-state index >= 15 is 0 Å². The molecule has 0 amide bonds. The van der Waals surface area contributed by atoms with Crippen molar-refractivity contribution < 1.29 is 19.1 Å². The molecule has 5 nitrogen and oxygen atoms in total. The number of ether oxygens (including phenoxy) is 2. The summed E-state index contributed by atoms with van der Waals surface area (Å²) in [5.41, 5.74) is 0.873. The Balaban J connectivity index is 2.83. The third-order valence-electron chi connectivity index (χ3n) is 2.32. The van der Waals surface area contributed by atoms with Crippen LogP contribution in [-0.2, 0) is 25.5 Å². The van der Waals surface area contributed by atoms with Crippen molar-refractivity contribution in [1.82, 2.24) is 4.98 Å². The second-order valence-electron chi connectivity index (χ2n) is 5.11. The van der Waals surface area contributed by atoms with Gasteiger partial charge in [-0.15, -0.1) is 11.3 Å². The summed E-state index contributed by atoms with van der Waals surface area (Å²) in [5, 5.41) is 2.61. The maximum Gasteiger partial charge on any atom is 0.321 e. The van der Waals surface area contributed by atoms with Crippen LogP contribution in [-0.4, -0.2) is 29.1 Å². The number of rotatable bonds is 6. The van der Waals surface area contributed by atoms with Gasteiger partial charge in [0.1, 0.15) is 0 Å². The molecule has 20 heavy (non-hydrogen) atoms. The van der Waals surface area contributed by atoms with Crippen LogP contribution in [0.4, 0.5) is 0 Å². The van der Waals surface area contributed by atoms with Gasteiger partial charge in [0.2, 0.25) is 0 Å². The zero-order chi connectivity index (χ0) is 15.3. The molecule has 1 heterocycles. The summed E-state index contributed by atoms with van der Waals surface area (Å²) < 4.78 is 10.3. The van der Waals surface area contributed by atoms with E-state index in [1.165, 1.54) is 11.3 Å². The minimum Gasteiger partial charge on any atom is -0.462 e. The van der Waals surface area contributed by atoms with E-state index in [9.17, 15) is 9.59 Å². The number of thiazole rings is 1. The maximum absolute atomic E-state index is 12.0. The fourth-order valence-electron chi connectivity index (χ4n) is 1.56. The second kappa shape index (κ2) is 7.38. The molecular weight excluding hydrogens is 278 g/mol. The summed E-state index contributed by atoms with van der Waals surface area (Å²) in [5.74, 6) is -2.07. The molecule has 0 aliphatic rings. The van der Waals surface area contributed by atoms with Gasteiger partial charge < -0.3 is 9.47 Å². The molecule has 0 aliphatic carbocycles. The van der Waals surface area contributed by atoms with E-state index in [0.29, 0.717) is 0 Å². The van der Waals surface area contributed by atoms with Crippen molar-refractivity contribution in [2.45, 2.75) is 53.2 Å². The van der Waals surface area contributed by atoms with E-state index in [2.05, 4.69) is 4.98 Å². The molecule has 112 valence electrons. The summed E-state index contributed by atoms with van der Waals surface area (Å²) in [6.45, 7) is 8.85. The van der Waals surface area contributed by atoms with Crippen molar-refractivity contribution in [3.05, 3.63) is 16.1 Å². The number of hydrogen-bond acceptors (Lipinski definition) is 6. The molecule has 0 aliphatic heterocycles. The Labute approximate surface area is 123 Å². The topological polar surface area (TPSA) is 65.5 Å². The van der Waals surface area contributed by atoms with Crippen LogP contribution in [0, 0.1) is 12.8 Å². The largest absolute Gasteiger partial charge is 0.462 e. The van der Waals surface area contributed by atoms with Gasteiger partial charge in [0.05, 0.1) is 17.2 Å². The zero-order valence-electron chi connectivity index (χ0n) is 12.5. The number of carbonyl (C=O) groups excluding carboxylic acids is 2. The SMILES string of the molecule is Cc1csc(CC(C(=O)OC(C)C)C(=O)OC(C)C)n1. The van der Waals surface area contributed by atoms with Crippen molar-refractivity contribution >= 4 is 23.3 Å². The third kappa shape index (κ3) is 5.28. The average Bonchev–Trinajstić information content (AvgIpc) is 2.69. The average molecular weight is 299 g/mol. The molecular formula is C14H21NO4S. The first-order chi connectivity index (χ1) is 9.29. The van der Waals surface area contributed by atoms with Crippen LogP contribution in [0.1, 0.15) is 38.4 Å². The maximum atomic E-state index is 12.0. The van der Waals surface area contributed by atoms with E-state index in [4.69, 9.17) is 9.47 Å². The molecule has 0 bridgehead atoms. The van der Waals surface area contributed by atoms with Gasteiger partial charge >= 0.3 is 11.9 Å². The first-order valence-electron chi connectivity index (χ1n) is 6.61. The van der Waals surface area contributed by atoms with E-state index in [-0.39, 0.29) is 18.6 Å². The summed E-state index contributed by atoms with van der Waals surface area (Å²) >= 11 is 1.42. The summed E-state index contributed by atoms with van der Waals surface area (Å²) in [6, 6.07) is 0. The zero-order valence-corrected chi connectivity index (χ0v) is 13.3. The minimum absolute atomic E-state index is 0.218. The molecule has 0 saturated carbocycles. The number of carbonyl (C=O) groups is 2. The summed E-state index contributed by atoms with van der Waals surface area (Å²) in [7, 11) is 0. The van der Waals surface area contributed by atoms with E-state index in [1.807, 2.05) is 12.3 Å². The van der Waals surface area contributed by atoms with Crippen LogP contribution in [0.2, 0.25) is 0 Å². The molecule has 6 heteroatoms. The Kier molecular flexibility index (Phi) is 6.13. The van der Waals surface area contributed by atoms with Crippen molar-refractivity contribution in [2.24, 2.45) is 5.92 Å². The van der Waals surface area contributed by atoms with Crippen LogP contribution in [0.5, 0.6) is 0 Å². The molecule has 0 radical (unpaired) electrons. The lowest BCUT2D eigenvalue weighted by Gasteiger charge is -2.17. The van der Waals surface area contributed by atoms with Crippen LogP contribution >= 0.6 is 11.3 Å². The first-order valence-corrected chi connectivity index (χ1v) is 7.49. The van der Waals surface area contributed by atoms with Crippen LogP contribution in [0.25, 0.3) is 0 Å². The Morgan fingerprint density at radius 3 is 2.00 bits per heavy atom. The normalized spacial score (nSPS) is 11.2. The fourth-order valence-corrected chi connectivity index (χ4v) is 2.38. The van der Waals surface area contributed by atoms with Gasteiger partial charge in [0.15, 0.2) is 5.92 Å². The number of aryl methyl sites for hydroxylation is 1. The molecule has 0 fully saturated rings. The first kappa shape index (κ1) is 16.6. The Hall–Kier alpha value is -1.43. The van der Waals surface area contributed by atoms with Gasteiger partial charge in [0, 0.05) is 17.5 Å². The molecule has 1 aromatic heterocycles. The standard InChI is InChI=1S/C14H21NO4S/c1-8(2)18-13(16)11(14(17)19-9(3)4)6-12-15-10(5)7-20-12/h7-9,11H,6H2,1-5H3. The van der Waals surface area contributed by atoms with E-state index < -0.39 is 17.9 Å². The number of aromatic nitrogens is 1. The summed E-state index contributed by atoms with van der Waals surface area (Å²) in [6.07, 6.45) is -0.319. The monoisotopic (exact) mass is 299 g/mol. The Morgan fingerprint density at radius 1 is 1.15 bits per heavy atom. The molecule has 0 spiro atoms. The van der Waals surface area contributed by atoms with Crippen molar-refractivity contribution in [1.29, 1.82) is 0 Å². The van der Waals surface area contributed by atoms with Gasteiger partial charge in [-0.3, -0.25) is 9.59 Å². The summed E-state index contributed by atoms with van der Waals surface area (Å²) in [4.78, 5) is 28.4. The van der Waals surface area contributed by atoms with Crippen molar-refractivity contribution in [3.63, 3.8) is 0 Å². The lowest BCUT2D eigenvalue weighted by Crippen LogP contribution is -2.32. The van der Waals surface area contributed by atoms with Crippen LogP contribution in [0.15, 0.2) is 5.38 Å². The van der Waals surface area contributed by atoms with Crippen LogP contribution in [0.3, 0.4) is 0 Å². The van der Waals surface area contributed by atoms with Gasteiger partial charge in [-0.2, -0.15) is 0 Å². The fraction of sp³-hybridized carbons (Fsp3) is 0.643. The highest BCUT2D eigenvalue weighted by atomic mass is 32.1. The molecule has 0 aromatic carbocycles. The van der Waals surface area contributed by atoms with Crippen LogP contribution < -0.4 is 0 Å². The third-order valence-corrected chi connectivity index (χ3v) is 3.31. The van der Waals surface area contributed by atoms with E-state index in [1.54, 1.807) is 27.7 Å².